The summed E-state index contributed by atoms with van der Waals surface area (Å²) in [5.74, 6) is 0.174. The molecular formula is C16H28N2O3. The molecule has 120 valence electrons. The van der Waals surface area contributed by atoms with Gasteiger partial charge >= 0.3 is 0 Å². The lowest BCUT2D eigenvalue weighted by atomic mass is 9.68. The van der Waals surface area contributed by atoms with Crippen molar-refractivity contribution < 1.29 is 14.3 Å². The summed E-state index contributed by atoms with van der Waals surface area (Å²) < 4.78 is 10.9. The Morgan fingerprint density at radius 2 is 2.00 bits per heavy atom. The van der Waals surface area contributed by atoms with Gasteiger partial charge in [0.15, 0.2) is 0 Å². The third-order valence-corrected chi connectivity index (χ3v) is 5.44. The number of piperidine rings is 1. The molecule has 21 heavy (non-hydrogen) atoms. The van der Waals surface area contributed by atoms with Gasteiger partial charge in [0.25, 0.3) is 0 Å². The van der Waals surface area contributed by atoms with Crippen molar-refractivity contribution in [3.05, 3.63) is 0 Å². The number of amides is 1. The quantitative estimate of drug-likeness (QED) is 0.827. The molecule has 2 saturated heterocycles. The summed E-state index contributed by atoms with van der Waals surface area (Å²) in [6.07, 6.45) is 6.91. The van der Waals surface area contributed by atoms with Crippen LogP contribution in [0.1, 0.15) is 38.5 Å². The Labute approximate surface area is 127 Å². The maximum Gasteiger partial charge on any atom is 0.228 e. The minimum atomic E-state index is -0.274. The summed E-state index contributed by atoms with van der Waals surface area (Å²) >= 11 is 0. The molecule has 1 amide bonds. The molecule has 0 aromatic heterocycles. The molecule has 2 aliphatic heterocycles. The van der Waals surface area contributed by atoms with Gasteiger partial charge in [-0.15, -0.1) is 0 Å². The smallest absolute Gasteiger partial charge is 0.228 e. The lowest BCUT2D eigenvalue weighted by Crippen LogP contribution is -2.57. The molecule has 0 bridgehead atoms. The summed E-state index contributed by atoms with van der Waals surface area (Å²) in [6.45, 7) is 4.23. The van der Waals surface area contributed by atoms with Gasteiger partial charge in [-0.05, 0) is 38.8 Å². The maximum atomic E-state index is 12.7. The second-order valence-electron chi connectivity index (χ2n) is 6.85. The molecule has 0 aromatic carbocycles. The number of carbonyl (C=O) groups is 1. The third kappa shape index (κ3) is 3.10. The largest absolute Gasteiger partial charge is 0.384 e. The van der Waals surface area contributed by atoms with Crippen molar-refractivity contribution in [1.29, 1.82) is 0 Å². The second-order valence-corrected chi connectivity index (χ2v) is 6.85. The van der Waals surface area contributed by atoms with Crippen LogP contribution in [0.15, 0.2) is 0 Å². The molecule has 3 rings (SSSR count). The summed E-state index contributed by atoms with van der Waals surface area (Å²) in [4.78, 5) is 15.2. The Morgan fingerprint density at radius 1 is 1.24 bits per heavy atom. The number of hydrogen-bond donors (Lipinski definition) is 1. The van der Waals surface area contributed by atoms with Gasteiger partial charge in [0.05, 0.1) is 37.3 Å². The van der Waals surface area contributed by atoms with Gasteiger partial charge in [0.1, 0.15) is 0 Å². The highest BCUT2D eigenvalue weighted by molar-refractivity contribution is 5.84. The van der Waals surface area contributed by atoms with Crippen molar-refractivity contribution in [2.45, 2.75) is 50.6 Å². The van der Waals surface area contributed by atoms with Crippen LogP contribution in [0.2, 0.25) is 0 Å². The first-order valence-corrected chi connectivity index (χ1v) is 8.37. The van der Waals surface area contributed by atoms with Crippen LogP contribution in [0.25, 0.3) is 0 Å². The maximum absolute atomic E-state index is 12.7. The Morgan fingerprint density at radius 3 is 2.62 bits per heavy atom. The van der Waals surface area contributed by atoms with Crippen LogP contribution in [0.5, 0.6) is 0 Å². The summed E-state index contributed by atoms with van der Waals surface area (Å²) in [5.41, 5.74) is -0.274. The average molecular weight is 296 g/mol. The van der Waals surface area contributed by atoms with Crippen molar-refractivity contribution in [2.24, 2.45) is 5.41 Å². The van der Waals surface area contributed by atoms with E-state index in [1.165, 1.54) is 19.3 Å². The zero-order chi connectivity index (χ0) is 14.7. The fraction of sp³-hybridized carbons (Fsp3) is 0.938. The van der Waals surface area contributed by atoms with Gasteiger partial charge in [-0.2, -0.15) is 0 Å². The van der Waals surface area contributed by atoms with Crippen LogP contribution < -0.4 is 5.32 Å². The standard InChI is InChI=1S/C16H28N2O3/c1-20-12-16(6-5-7-16)15(19)17-13-10-21-11-14(13)18-8-3-2-4-9-18/h13-14H,2-12H2,1H3,(H,17,19)/t13-,14-/m0/s1. The zero-order valence-electron chi connectivity index (χ0n) is 13.1. The SMILES string of the molecule is COCC1(C(=O)N[C@H]2COC[C@@H]2N2CCCCC2)CCC1. The predicted molar refractivity (Wildman–Crippen MR) is 80.1 cm³/mol. The molecule has 3 fully saturated rings. The second kappa shape index (κ2) is 6.63. The number of carbonyl (C=O) groups excluding carboxylic acids is 1. The molecule has 2 heterocycles. The van der Waals surface area contributed by atoms with Gasteiger partial charge in [0, 0.05) is 7.11 Å². The fourth-order valence-electron chi connectivity index (χ4n) is 3.93. The number of rotatable bonds is 5. The lowest BCUT2D eigenvalue weighted by Gasteiger charge is -2.41. The number of ether oxygens (including phenoxy) is 2. The van der Waals surface area contributed by atoms with Gasteiger partial charge in [-0.1, -0.05) is 12.8 Å². The lowest BCUT2D eigenvalue weighted by molar-refractivity contribution is -0.141. The van der Waals surface area contributed by atoms with E-state index in [1.54, 1.807) is 7.11 Å². The highest BCUT2D eigenvalue weighted by Gasteiger charge is 2.46. The molecule has 0 radical (unpaired) electrons. The molecule has 2 atom stereocenters. The van der Waals surface area contributed by atoms with Crippen LogP contribution in [-0.2, 0) is 14.3 Å². The van der Waals surface area contributed by atoms with Crippen LogP contribution in [0, 0.1) is 5.41 Å². The number of hydrogen-bond acceptors (Lipinski definition) is 4. The van der Waals surface area contributed by atoms with Gasteiger partial charge in [-0.3, -0.25) is 9.69 Å². The first-order chi connectivity index (χ1) is 10.2. The average Bonchev–Trinajstić information content (AvgIpc) is 2.91. The van der Waals surface area contributed by atoms with Gasteiger partial charge < -0.3 is 14.8 Å². The van der Waals surface area contributed by atoms with Crippen LogP contribution in [-0.4, -0.2) is 62.9 Å². The van der Waals surface area contributed by atoms with E-state index in [0.717, 1.165) is 39.0 Å². The van der Waals surface area contributed by atoms with Crippen molar-refractivity contribution in [2.75, 3.05) is 40.0 Å². The Bertz CT molecular complexity index is 365. The number of likely N-dealkylation sites (tertiary alicyclic amines) is 1. The number of nitrogens with zero attached hydrogens (tertiary/aromatic N) is 1. The molecule has 1 N–H and O–H groups in total. The first-order valence-electron chi connectivity index (χ1n) is 8.37. The Hall–Kier alpha value is -0.650. The van der Waals surface area contributed by atoms with Crippen molar-refractivity contribution in [3.8, 4) is 0 Å². The van der Waals surface area contributed by atoms with E-state index in [0.29, 0.717) is 19.3 Å². The molecule has 0 unspecified atom stereocenters. The molecule has 3 aliphatic rings. The minimum absolute atomic E-state index is 0.143. The summed E-state index contributed by atoms with van der Waals surface area (Å²) in [5, 5.41) is 3.27. The highest BCUT2D eigenvalue weighted by Crippen LogP contribution is 2.41. The molecule has 5 nitrogen and oxygen atoms in total. The number of methoxy groups -OCH3 is 1. The third-order valence-electron chi connectivity index (χ3n) is 5.44. The molecular weight excluding hydrogens is 268 g/mol. The zero-order valence-corrected chi connectivity index (χ0v) is 13.1. The van der Waals surface area contributed by atoms with E-state index in [4.69, 9.17) is 9.47 Å². The topological polar surface area (TPSA) is 50.8 Å². The van der Waals surface area contributed by atoms with Crippen molar-refractivity contribution in [1.82, 2.24) is 10.2 Å². The van der Waals surface area contributed by atoms with Gasteiger partial charge in [0.2, 0.25) is 5.91 Å². The molecule has 0 aromatic rings. The molecule has 0 spiro atoms. The van der Waals surface area contributed by atoms with E-state index in [-0.39, 0.29) is 17.4 Å². The van der Waals surface area contributed by atoms with E-state index >= 15 is 0 Å². The monoisotopic (exact) mass is 296 g/mol. The van der Waals surface area contributed by atoms with E-state index in [1.807, 2.05) is 0 Å². The highest BCUT2D eigenvalue weighted by atomic mass is 16.5. The van der Waals surface area contributed by atoms with Crippen LogP contribution >= 0.6 is 0 Å². The minimum Gasteiger partial charge on any atom is -0.384 e. The normalized spacial score (nSPS) is 32.6. The van der Waals surface area contributed by atoms with Crippen molar-refractivity contribution in [3.63, 3.8) is 0 Å². The number of nitrogens with one attached hydrogen (secondary N) is 1. The predicted octanol–water partition coefficient (Wildman–Crippen LogP) is 1.17. The van der Waals surface area contributed by atoms with E-state index < -0.39 is 0 Å². The van der Waals surface area contributed by atoms with Crippen molar-refractivity contribution >= 4 is 5.91 Å². The summed E-state index contributed by atoms with van der Waals surface area (Å²) in [6, 6.07) is 0.499. The fourth-order valence-corrected chi connectivity index (χ4v) is 3.93. The van der Waals surface area contributed by atoms with Crippen LogP contribution in [0.4, 0.5) is 0 Å². The Balaban J connectivity index is 1.59. The van der Waals surface area contributed by atoms with E-state index in [2.05, 4.69) is 10.2 Å². The summed E-state index contributed by atoms with van der Waals surface area (Å²) in [7, 11) is 1.68. The van der Waals surface area contributed by atoms with E-state index in [9.17, 15) is 4.79 Å². The Kier molecular flexibility index (Phi) is 4.82. The first kappa shape index (κ1) is 15.3. The molecule has 5 heteroatoms. The molecule has 1 saturated carbocycles. The molecule has 1 aliphatic carbocycles. The van der Waals surface area contributed by atoms with Crippen LogP contribution in [0.3, 0.4) is 0 Å². The van der Waals surface area contributed by atoms with Gasteiger partial charge in [-0.25, -0.2) is 0 Å².